The van der Waals surface area contributed by atoms with Crippen LogP contribution in [0.15, 0.2) is 128 Å². The summed E-state index contributed by atoms with van der Waals surface area (Å²) in [7, 11) is 0. The minimum absolute atomic E-state index is 0.691. The summed E-state index contributed by atoms with van der Waals surface area (Å²) < 4.78 is 343. The highest BCUT2D eigenvalue weighted by Gasteiger charge is 2.47. The average molecular weight is 1260 g/mol. The van der Waals surface area contributed by atoms with Gasteiger partial charge in [0.1, 0.15) is 6.15 Å². The van der Waals surface area contributed by atoms with Gasteiger partial charge in [-0.1, -0.05) is 150 Å². The third-order valence-electron chi connectivity index (χ3n) is 15.3. The molecule has 0 aliphatic heterocycles. The molecule has 0 radical (unpaired) electrons. The van der Waals surface area contributed by atoms with Gasteiger partial charge in [0.15, 0.2) is 18.4 Å². The molecule has 0 amide bonds. The van der Waals surface area contributed by atoms with Crippen LogP contribution in [0.2, 0.25) is 0 Å². The quantitative estimate of drug-likeness (QED) is 0.0394. The Balaban J connectivity index is 0.000000340. The first-order valence-corrected chi connectivity index (χ1v) is 27.0. The molecule has 0 atom stereocenters. The Labute approximate surface area is 478 Å². The van der Waals surface area contributed by atoms with Crippen LogP contribution in [-0.2, 0) is 56.0 Å². The summed E-state index contributed by atoms with van der Waals surface area (Å²) in [5.41, 5.74) is -27.3. The molecule has 6 aromatic rings. The van der Waals surface area contributed by atoms with Crippen molar-refractivity contribution < 1.29 is 110 Å². The lowest BCUT2D eigenvalue weighted by atomic mass is 9.12. The number of halogens is 24. The van der Waals surface area contributed by atoms with E-state index in [1.165, 1.54) is 89.0 Å². The highest BCUT2D eigenvalue weighted by Crippen LogP contribution is 2.42. The van der Waals surface area contributed by atoms with Gasteiger partial charge in [-0.2, -0.15) is 132 Å². The molecule has 0 unspecified atom stereocenters. The van der Waals surface area contributed by atoms with Crippen molar-refractivity contribution in [3.05, 3.63) is 183 Å². The van der Waals surface area contributed by atoms with Crippen molar-refractivity contribution in [2.45, 2.75) is 152 Å². The fourth-order valence-corrected chi connectivity index (χ4v) is 11.2. The first kappa shape index (κ1) is 68.7. The molecule has 1 nitrogen and oxygen atoms in total. The van der Waals surface area contributed by atoms with Gasteiger partial charge < -0.3 is 0 Å². The molecule has 1 aromatic heterocycles. The molecule has 1 aliphatic rings. The summed E-state index contributed by atoms with van der Waals surface area (Å²) >= 11 is 0. The van der Waals surface area contributed by atoms with Gasteiger partial charge in [0.2, 0.25) is 0 Å². The van der Waals surface area contributed by atoms with Gasteiger partial charge in [-0.05, 0) is 55.9 Å². The number of pyridine rings is 1. The number of rotatable bonds is 16. The number of hydrogen-bond donors (Lipinski definition) is 0. The van der Waals surface area contributed by atoms with Gasteiger partial charge >= 0.3 is 49.4 Å². The third-order valence-corrected chi connectivity index (χ3v) is 15.3. The fraction of sp³-hybridized carbons (Fsp3) is 0.417. The molecular formula is C60H54BF24N. The SMILES string of the molecule is CCCCCCCCCCC1CCC(c2cccc[n+]2Cc2ccccc2)CC1.FC(F)(F)c1cc([B-](c2cc(C(F)(F)F)cc(C(F)(F)F)c2)(c2cc(C(F)(F)F)cc(C(F)(F)F)c2)c2cc(C(F)(F)F)cc(C(F)(F)F)c2)cc(C(F)(F)F)c1. The van der Waals surface area contributed by atoms with Crippen molar-refractivity contribution in [2.24, 2.45) is 5.92 Å². The van der Waals surface area contributed by atoms with Crippen molar-refractivity contribution in [3.8, 4) is 0 Å². The zero-order valence-corrected chi connectivity index (χ0v) is 45.3. The van der Waals surface area contributed by atoms with Crippen LogP contribution in [0.1, 0.15) is 152 Å². The second-order valence-corrected chi connectivity index (χ2v) is 21.4. The van der Waals surface area contributed by atoms with E-state index in [1.807, 2.05) is 0 Å². The highest BCUT2D eigenvalue weighted by molar-refractivity contribution is 7.20. The van der Waals surface area contributed by atoms with Crippen molar-refractivity contribution in [1.82, 2.24) is 0 Å². The molecule has 470 valence electrons. The fourth-order valence-electron chi connectivity index (χ4n) is 11.2. The molecule has 0 spiro atoms. The number of aromatic nitrogens is 1. The Kier molecular flexibility index (Phi) is 21.2. The van der Waals surface area contributed by atoms with Crippen LogP contribution in [0.4, 0.5) is 105 Å². The molecule has 0 saturated heterocycles. The molecule has 1 saturated carbocycles. The molecule has 7 rings (SSSR count). The molecule has 86 heavy (non-hydrogen) atoms. The molecule has 1 fully saturated rings. The zero-order valence-electron chi connectivity index (χ0n) is 45.3. The van der Waals surface area contributed by atoms with Crippen LogP contribution in [-0.4, -0.2) is 6.15 Å². The van der Waals surface area contributed by atoms with E-state index in [9.17, 15) is 105 Å². The van der Waals surface area contributed by atoms with Crippen molar-refractivity contribution >= 4 is 28.0 Å². The van der Waals surface area contributed by atoms with Crippen LogP contribution in [0.25, 0.3) is 0 Å². The van der Waals surface area contributed by atoms with E-state index in [2.05, 4.69) is 66.2 Å². The highest BCUT2D eigenvalue weighted by atomic mass is 19.4. The number of hydrogen-bond acceptors (Lipinski definition) is 0. The second kappa shape index (κ2) is 26.5. The van der Waals surface area contributed by atoms with E-state index in [4.69, 9.17) is 0 Å². The van der Waals surface area contributed by atoms with Gasteiger partial charge in [-0.25, -0.2) is 0 Å². The lowest BCUT2D eigenvalue weighted by Gasteiger charge is -2.46. The first-order valence-electron chi connectivity index (χ1n) is 27.0. The van der Waals surface area contributed by atoms with Crippen LogP contribution in [0.3, 0.4) is 0 Å². The summed E-state index contributed by atoms with van der Waals surface area (Å²) in [4.78, 5) is 0. The molecule has 5 aromatic carbocycles. The first-order chi connectivity index (χ1) is 39.6. The maximum Gasteiger partial charge on any atom is 0.416 e. The van der Waals surface area contributed by atoms with E-state index in [1.54, 1.807) is 5.69 Å². The smallest absolute Gasteiger partial charge is 0.198 e. The minimum Gasteiger partial charge on any atom is -0.198 e. The largest absolute Gasteiger partial charge is 0.416 e. The molecule has 0 bridgehead atoms. The van der Waals surface area contributed by atoms with Gasteiger partial charge in [-0.15, -0.1) is 0 Å². The maximum absolute atomic E-state index is 14.2. The molecule has 1 aliphatic carbocycles. The Hall–Kier alpha value is -6.37. The predicted molar refractivity (Wildman–Crippen MR) is 274 cm³/mol. The standard InChI is InChI=1S/C32H12BF24.C28H42N/c34-25(35,36)13-1-14(26(37,38)39)6-21(5-13)33(22-7-15(27(40,41)42)2-16(8-22)28(43,44)45,23-9-17(29(46,47)48)3-18(10-23)30(49,50)51)24-11-19(31(52,53)54)4-20(12-24)32(55,56)57;1-2-3-4-5-6-7-8-10-15-25-19-21-27(22-20-25)28-18-13-14-23-29(28)24-26-16-11-9-12-17-26/h1-12H;9,11-14,16-18,23,25,27H,2-8,10,15,19-22,24H2,1H3/q-1;+1. The van der Waals surface area contributed by atoms with Crippen LogP contribution in [0.5, 0.6) is 0 Å². The Morgan fingerprint density at radius 3 is 0.942 bits per heavy atom. The summed E-state index contributed by atoms with van der Waals surface area (Å²) in [6.07, 6.45) is -33.9. The van der Waals surface area contributed by atoms with E-state index in [0.29, 0.717) is 0 Å². The lowest BCUT2D eigenvalue weighted by Crippen LogP contribution is -2.75. The maximum atomic E-state index is 14.2. The summed E-state index contributed by atoms with van der Waals surface area (Å²) in [5, 5.41) is 0. The Morgan fingerprint density at radius 1 is 0.349 bits per heavy atom. The summed E-state index contributed by atoms with van der Waals surface area (Å²) in [5.74, 6) is 1.73. The number of unbranched alkanes of at least 4 members (excludes halogenated alkanes) is 7. The lowest BCUT2D eigenvalue weighted by molar-refractivity contribution is -0.697. The van der Waals surface area contributed by atoms with Gasteiger partial charge in [0.25, 0.3) is 0 Å². The Morgan fingerprint density at radius 2 is 0.640 bits per heavy atom. The van der Waals surface area contributed by atoms with E-state index in [-0.39, 0.29) is 0 Å². The second-order valence-electron chi connectivity index (χ2n) is 21.4. The van der Waals surface area contributed by atoms with E-state index < -0.39 is 195 Å². The van der Waals surface area contributed by atoms with Gasteiger partial charge in [-0.3, -0.25) is 0 Å². The van der Waals surface area contributed by atoms with Gasteiger partial charge in [0, 0.05) is 23.6 Å². The minimum atomic E-state index is -6.13. The molecular weight excluding hydrogens is 1200 g/mol. The topological polar surface area (TPSA) is 3.88 Å². The normalized spacial score (nSPS) is 16.0. The molecule has 26 heteroatoms. The van der Waals surface area contributed by atoms with Crippen LogP contribution in [0, 0.1) is 5.92 Å². The number of nitrogens with zero attached hydrogens (tertiary/aromatic N) is 1. The summed E-state index contributed by atoms with van der Waals surface area (Å²) in [6, 6.07) is 8.85. The number of benzene rings is 5. The van der Waals surface area contributed by atoms with E-state index in [0.717, 1.165) is 18.4 Å². The van der Waals surface area contributed by atoms with Crippen molar-refractivity contribution in [3.63, 3.8) is 0 Å². The monoisotopic (exact) mass is 1260 g/mol. The van der Waals surface area contributed by atoms with Crippen molar-refractivity contribution in [2.75, 3.05) is 0 Å². The molecule has 0 N–H and O–H groups in total. The van der Waals surface area contributed by atoms with Gasteiger partial charge in [0.05, 0.1) is 44.5 Å². The average Bonchev–Trinajstić information content (AvgIpc) is 0.735. The van der Waals surface area contributed by atoms with Crippen molar-refractivity contribution in [1.29, 1.82) is 0 Å². The summed E-state index contributed by atoms with van der Waals surface area (Å²) in [6.45, 7) is 3.30. The predicted octanol–water partition coefficient (Wildman–Crippen LogP) is 19.0. The van der Waals surface area contributed by atoms with Crippen LogP contribution >= 0.6 is 0 Å². The van der Waals surface area contributed by atoms with E-state index >= 15 is 0 Å². The zero-order chi connectivity index (χ0) is 64.1. The third kappa shape index (κ3) is 17.7. The molecule has 1 heterocycles. The van der Waals surface area contributed by atoms with Crippen LogP contribution < -0.4 is 26.4 Å². The Bertz CT molecular complexity index is 2750. The number of alkyl halides is 24.